The smallest absolute Gasteiger partial charge is 0.179 e. The van der Waals surface area contributed by atoms with E-state index in [4.69, 9.17) is 0 Å². The first kappa shape index (κ1) is 15.0. The monoisotopic (exact) mass is 310 g/mol. The molecule has 8 nitrogen and oxygen atoms in total. The predicted octanol–water partition coefficient (Wildman–Crippen LogP) is 1.60. The number of rotatable bonds is 5. The summed E-state index contributed by atoms with van der Waals surface area (Å²) in [6.07, 6.45) is 3.48. The van der Waals surface area contributed by atoms with Crippen molar-refractivity contribution >= 4 is 5.82 Å². The summed E-state index contributed by atoms with van der Waals surface area (Å²) < 4.78 is 0. The Morgan fingerprint density at radius 3 is 2.70 bits per heavy atom. The number of aromatic amines is 1. The maximum atomic E-state index is 4.66. The maximum Gasteiger partial charge on any atom is 0.179 e. The van der Waals surface area contributed by atoms with Crippen molar-refractivity contribution in [2.45, 2.75) is 19.8 Å². The second-order valence-electron chi connectivity index (χ2n) is 5.48. The molecule has 3 aromatic heterocycles. The Morgan fingerprint density at radius 1 is 1.22 bits per heavy atom. The summed E-state index contributed by atoms with van der Waals surface area (Å²) in [7, 11) is 1.99. The van der Waals surface area contributed by atoms with E-state index in [1.54, 1.807) is 12.4 Å². The number of likely N-dealkylation sites (N-methyl/N-ethyl adjacent to an activating group) is 1. The van der Waals surface area contributed by atoms with Crippen molar-refractivity contribution < 1.29 is 0 Å². The van der Waals surface area contributed by atoms with Crippen LogP contribution in [0.1, 0.15) is 24.4 Å². The lowest BCUT2D eigenvalue weighted by molar-refractivity contribution is 0.681. The number of nitrogens with zero attached hydrogens (tertiary/aromatic N) is 7. The molecule has 3 aromatic rings. The molecule has 0 aromatic carbocycles. The fourth-order valence-electron chi connectivity index (χ4n) is 2.34. The fourth-order valence-corrected chi connectivity index (χ4v) is 2.34. The van der Waals surface area contributed by atoms with Gasteiger partial charge in [-0.2, -0.15) is 5.21 Å². The summed E-state index contributed by atoms with van der Waals surface area (Å²) in [5.41, 5.74) is 1.87. The van der Waals surface area contributed by atoms with Crippen molar-refractivity contribution in [3.05, 3.63) is 42.1 Å². The zero-order chi connectivity index (χ0) is 16.2. The van der Waals surface area contributed by atoms with Gasteiger partial charge in [0.1, 0.15) is 5.82 Å². The third kappa shape index (κ3) is 3.47. The van der Waals surface area contributed by atoms with Gasteiger partial charge < -0.3 is 4.90 Å². The Morgan fingerprint density at radius 2 is 2.00 bits per heavy atom. The van der Waals surface area contributed by atoms with Gasteiger partial charge in [-0.25, -0.2) is 9.97 Å². The highest BCUT2D eigenvalue weighted by Gasteiger charge is 2.15. The first-order chi connectivity index (χ1) is 11.1. The molecule has 0 unspecified atom stereocenters. The number of aromatic nitrogens is 7. The van der Waals surface area contributed by atoms with Crippen LogP contribution in [-0.4, -0.2) is 49.2 Å². The van der Waals surface area contributed by atoms with Crippen molar-refractivity contribution in [2.24, 2.45) is 0 Å². The van der Waals surface area contributed by atoms with Gasteiger partial charge in [0.2, 0.25) is 0 Å². The van der Waals surface area contributed by atoms with Crippen molar-refractivity contribution in [2.75, 3.05) is 18.5 Å². The second-order valence-corrected chi connectivity index (χ2v) is 5.48. The quantitative estimate of drug-likeness (QED) is 0.764. The van der Waals surface area contributed by atoms with E-state index >= 15 is 0 Å². The first-order valence-corrected chi connectivity index (χ1v) is 7.34. The van der Waals surface area contributed by atoms with Crippen LogP contribution in [0.3, 0.4) is 0 Å². The van der Waals surface area contributed by atoms with Crippen molar-refractivity contribution in [1.29, 1.82) is 0 Å². The van der Waals surface area contributed by atoms with Crippen molar-refractivity contribution in [3.63, 3.8) is 0 Å². The first-order valence-electron chi connectivity index (χ1n) is 7.34. The SMILES string of the molecule is Cc1cc(N(C)C[C@H](C)c2nn[nH]n2)nc(-c2ccncc2)n1. The Bertz CT molecular complexity index is 756. The molecule has 0 saturated heterocycles. The van der Waals surface area contributed by atoms with Gasteiger partial charge in [-0.3, -0.25) is 4.98 Å². The van der Waals surface area contributed by atoms with Crippen molar-refractivity contribution in [3.8, 4) is 11.4 Å². The molecule has 0 aliphatic rings. The van der Waals surface area contributed by atoms with Gasteiger partial charge in [0.15, 0.2) is 11.6 Å². The highest BCUT2D eigenvalue weighted by molar-refractivity contribution is 5.57. The molecular weight excluding hydrogens is 292 g/mol. The second kappa shape index (κ2) is 6.47. The topological polar surface area (TPSA) is 96.4 Å². The number of hydrogen-bond donors (Lipinski definition) is 1. The maximum absolute atomic E-state index is 4.66. The molecule has 0 aliphatic carbocycles. The Balaban J connectivity index is 1.83. The molecular formula is C15H18N8. The van der Waals surface area contributed by atoms with Gasteiger partial charge in [0.25, 0.3) is 0 Å². The minimum Gasteiger partial charge on any atom is -0.359 e. The van der Waals surface area contributed by atoms with Gasteiger partial charge in [-0.1, -0.05) is 12.1 Å². The van der Waals surface area contributed by atoms with Crippen molar-refractivity contribution in [1.82, 2.24) is 35.6 Å². The minimum atomic E-state index is 0.137. The summed E-state index contributed by atoms with van der Waals surface area (Å²) in [5.74, 6) is 2.39. The number of pyridine rings is 1. The molecule has 23 heavy (non-hydrogen) atoms. The van der Waals surface area contributed by atoms with E-state index in [9.17, 15) is 0 Å². The average molecular weight is 310 g/mol. The minimum absolute atomic E-state index is 0.137. The molecule has 0 radical (unpaired) electrons. The highest BCUT2D eigenvalue weighted by atomic mass is 15.5. The van der Waals surface area contributed by atoms with E-state index in [2.05, 4.69) is 47.4 Å². The van der Waals surface area contributed by atoms with Crippen LogP contribution in [0.2, 0.25) is 0 Å². The zero-order valence-corrected chi connectivity index (χ0v) is 13.3. The zero-order valence-electron chi connectivity index (χ0n) is 13.3. The highest BCUT2D eigenvalue weighted by Crippen LogP contribution is 2.20. The van der Waals surface area contributed by atoms with Crippen LogP contribution in [0.4, 0.5) is 5.82 Å². The fraction of sp³-hybridized carbons (Fsp3) is 0.333. The van der Waals surface area contributed by atoms with Crippen LogP contribution in [0.25, 0.3) is 11.4 Å². The molecule has 0 fully saturated rings. The van der Waals surface area contributed by atoms with Gasteiger partial charge in [-0.05, 0) is 19.1 Å². The van der Waals surface area contributed by atoms with Gasteiger partial charge in [-0.15, -0.1) is 10.2 Å². The number of tetrazole rings is 1. The predicted molar refractivity (Wildman–Crippen MR) is 85.9 cm³/mol. The largest absolute Gasteiger partial charge is 0.359 e. The molecule has 1 N–H and O–H groups in total. The molecule has 0 spiro atoms. The summed E-state index contributed by atoms with van der Waals surface area (Å²) in [4.78, 5) is 15.3. The van der Waals surface area contributed by atoms with E-state index < -0.39 is 0 Å². The van der Waals surface area contributed by atoms with Crippen LogP contribution in [0.15, 0.2) is 30.6 Å². The number of aryl methyl sites for hydroxylation is 1. The van der Waals surface area contributed by atoms with E-state index in [-0.39, 0.29) is 5.92 Å². The Hall–Kier alpha value is -2.90. The van der Waals surface area contributed by atoms with Gasteiger partial charge in [0.05, 0.1) is 0 Å². The molecule has 8 heteroatoms. The third-order valence-electron chi connectivity index (χ3n) is 3.52. The number of anilines is 1. The number of H-pyrrole nitrogens is 1. The molecule has 0 saturated carbocycles. The normalized spacial score (nSPS) is 12.1. The van der Waals surface area contributed by atoms with E-state index in [0.717, 1.165) is 23.6 Å². The lowest BCUT2D eigenvalue weighted by atomic mass is 10.1. The molecule has 3 rings (SSSR count). The lowest BCUT2D eigenvalue weighted by Crippen LogP contribution is -2.25. The molecule has 3 heterocycles. The molecule has 1 atom stereocenters. The summed E-state index contributed by atoms with van der Waals surface area (Å²) >= 11 is 0. The summed E-state index contributed by atoms with van der Waals surface area (Å²) in [5, 5.41) is 14.2. The molecule has 118 valence electrons. The van der Waals surface area contributed by atoms with Crippen LogP contribution in [-0.2, 0) is 0 Å². The molecule has 0 aliphatic heterocycles. The Labute approximate surface area is 134 Å². The number of hydrogen-bond acceptors (Lipinski definition) is 7. The molecule has 0 amide bonds. The van der Waals surface area contributed by atoms with Crippen LogP contribution < -0.4 is 4.90 Å². The Kier molecular flexibility index (Phi) is 4.22. The van der Waals surface area contributed by atoms with E-state index in [0.29, 0.717) is 11.6 Å². The van der Waals surface area contributed by atoms with Gasteiger partial charge in [0, 0.05) is 49.2 Å². The molecule has 0 bridgehead atoms. The average Bonchev–Trinajstić information content (AvgIpc) is 3.09. The van der Waals surface area contributed by atoms with E-state index in [1.165, 1.54) is 0 Å². The third-order valence-corrected chi connectivity index (χ3v) is 3.52. The van der Waals surface area contributed by atoms with Crippen LogP contribution in [0.5, 0.6) is 0 Å². The van der Waals surface area contributed by atoms with Gasteiger partial charge >= 0.3 is 0 Å². The van der Waals surface area contributed by atoms with Crippen LogP contribution >= 0.6 is 0 Å². The lowest BCUT2D eigenvalue weighted by Gasteiger charge is -2.21. The summed E-state index contributed by atoms with van der Waals surface area (Å²) in [6.45, 7) is 4.75. The standard InChI is InChI=1S/C15H18N8/c1-10(14-19-21-22-20-14)9-23(3)13-8-11(2)17-15(18-13)12-4-6-16-7-5-12/h4-8,10H,9H2,1-3H3,(H,19,20,21,22)/t10-/m0/s1. The van der Waals surface area contributed by atoms with Crippen LogP contribution in [0, 0.1) is 6.92 Å². The van der Waals surface area contributed by atoms with E-state index in [1.807, 2.05) is 32.2 Å². The number of nitrogens with one attached hydrogen (secondary N) is 1. The summed E-state index contributed by atoms with van der Waals surface area (Å²) in [6, 6.07) is 5.77.